The molecular weight excluding hydrogens is 463 g/mol. The van der Waals surface area contributed by atoms with Gasteiger partial charge in [-0.05, 0) is 58.5 Å². The molecule has 2 rings (SSSR count). The molecule has 3 unspecified atom stereocenters. The summed E-state index contributed by atoms with van der Waals surface area (Å²) in [5, 5.41) is 2.96. The highest BCUT2D eigenvalue weighted by Gasteiger charge is 2.45. The molecule has 0 aromatic carbocycles. The van der Waals surface area contributed by atoms with Crippen molar-refractivity contribution >= 4 is 22.6 Å². The summed E-state index contributed by atoms with van der Waals surface area (Å²) in [7, 11) is 3.54. The lowest BCUT2D eigenvalue weighted by molar-refractivity contribution is -0.184. The van der Waals surface area contributed by atoms with Crippen molar-refractivity contribution < 1.29 is 17.6 Å². The Labute approximate surface area is 167 Å². The summed E-state index contributed by atoms with van der Waals surface area (Å²) < 4.78 is 53.5. The molecule has 0 radical (unpaired) electrons. The van der Waals surface area contributed by atoms with Crippen molar-refractivity contribution in [2.45, 2.75) is 67.1 Å². The largest absolute Gasteiger partial charge is 0.391 e. The zero-order valence-electron chi connectivity index (χ0n) is 15.5. The van der Waals surface area contributed by atoms with Gasteiger partial charge in [0.15, 0.2) is 6.17 Å². The first-order valence-corrected chi connectivity index (χ1v) is 10.6. The Morgan fingerprint density at radius 3 is 2.15 bits per heavy atom. The third kappa shape index (κ3) is 5.89. The van der Waals surface area contributed by atoms with Gasteiger partial charge < -0.3 is 11.1 Å². The maximum atomic E-state index is 15.2. The van der Waals surface area contributed by atoms with Gasteiger partial charge in [0.1, 0.15) is 0 Å². The topological polar surface area (TPSA) is 44.5 Å². The highest BCUT2D eigenvalue weighted by atomic mass is 127. The lowest BCUT2D eigenvalue weighted by Gasteiger charge is -2.43. The second-order valence-corrected chi connectivity index (χ2v) is 9.02. The number of hydrogen-bond acceptors (Lipinski definition) is 4. The zero-order valence-corrected chi connectivity index (χ0v) is 17.6. The molecule has 4 nitrogen and oxygen atoms in total. The first-order valence-electron chi connectivity index (χ1n) is 9.37. The fraction of sp³-hybridized carbons (Fsp3) is 1.00. The van der Waals surface area contributed by atoms with E-state index in [9.17, 15) is 13.2 Å². The Balaban J connectivity index is 2.04. The molecule has 0 saturated heterocycles. The molecule has 2 aliphatic rings. The molecule has 0 bridgehead atoms. The number of alkyl halides is 5. The van der Waals surface area contributed by atoms with Crippen LogP contribution in [-0.4, -0.2) is 65.7 Å². The van der Waals surface area contributed by atoms with Crippen molar-refractivity contribution in [1.82, 2.24) is 15.1 Å². The van der Waals surface area contributed by atoms with Crippen molar-refractivity contribution in [3.05, 3.63) is 0 Å². The van der Waals surface area contributed by atoms with E-state index in [-0.39, 0.29) is 29.5 Å². The molecular formula is C17H31F4IN4. The van der Waals surface area contributed by atoms with Crippen LogP contribution < -0.4 is 11.1 Å². The van der Waals surface area contributed by atoms with Crippen molar-refractivity contribution in [3.8, 4) is 0 Å². The minimum atomic E-state index is -4.09. The van der Waals surface area contributed by atoms with Crippen molar-refractivity contribution in [3.63, 3.8) is 0 Å². The van der Waals surface area contributed by atoms with Gasteiger partial charge in [-0.15, -0.1) is 0 Å². The maximum absolute atomic E-state index is 15.2. The molecule has 0 aromatic rings. The van der Waals surface area contributed by atoms with Crippen LogP contribution in [0.25, 0.3) is 0 Å². The average molecular weight is 494 g/mol. The summed E-state index contributed by atoms with van der Waals surface area (Å²) in [5.74, 6) is -0.982. The molecule has 154 valence electrons. The number of nitrogens with two attached hydrogens (primary N) is 1. The lowest BCUT2D eigenvalue weighted by Crippen LogP contribution is -2.59. The third-order valence-corrected chi connectivity index (χ3v) is 7.02. The predicted molar refractivity (Wildman–Crippen MR) is 104 cm³/mol. The Kier molecular flexibility index (Phi) is 8.39. The van der Waals surface area contributed by atoms with Crippen molar-refractivity contribution in [2.24, 2.45) is 17.6 Å². The van der Waals surface area contributed by atoms with Crippen LogP contribution in [0, 0.1) is 11.8 Å². The molecule has 2 aliphatic carbocycles. The summed E-state index contributed by atoms with van der Waals surface area (Å²) in [6.45, 7) is 0.889. The molecule has 3 N–H and O–H groups in total. The van der Waals surface area contributed by atoms with E-state index in [0.717, 1.165) is 12.8 Å². The molecule has 26 heavy (non-hydrogen) atoms. The lowest BCUT2D eigenvalue weighted by atomic mass is 9.81. The van der Waals surface area contributed by atoms with E-state index in [4.69, 9.17) is 5.73 Å². The Bertz CT molecular complexity index is 427. The summed E-state index contributed by atoms with van der Waals surface area (Å²) in [5.41, 5.74) is 5.79. The summed E-state index contributed by atoms with van der Waals surface area (Å²) >= 11 is 2.05. The van der Waals surface area contributed by atoms with E-state index in [1.165, 1.54) is 0 Å². The van der Waals surface area contributed by atoms with Crippen LogP contribution in [0.3, 0.4) is 0 Å². The fourth-order valence-electron chi connectivity index (χ4n) is 3.95. The van der Waals surface area contributed by atoms with Gasteiger partial charge in [-0.3, -0.25) is 9.80 Å². The molecule has 3 atom stereocenters. The first-order chi connectivity index (χ1) is 12.2. The van der Waals surface area contributed by atoms with Gasteiger partial charge in [0.05, 0.1) is 16.1 Å². The zero-order chi connectivity index (χ0) is 19.5. The molecule has 2 saturated carbocycles. The van der Waals surface area contributed by atoms with Crippen molar-refractivity contribution in [1.29, 1.82) is 0 Å². The van der Waals surface area contributed by atoms with Crippen molar-refractivity contribution in [2.75, 3.05) is 27.3 Å². The maximum Gasteiger partial charge on any atom is 0.391 e. The number of hydrogen-bond donors (Lipinski definition) is 2. The highest BCUT2D eigenvalue weighted by Crippen LogP contribution is 2.41. The number of rotatable bonds is 9. The normalized spacial score (nSPS) is 28.4. The Morgan fingerprint density at radius 2 is 1.73 bits per heavy atom. The van der Waals surface area contributed by atoms with E-state index in [0.29, 0.717) is 25.4 Å². The second kappa shape index (κ2) is 9.67. The minimum Gasteiger partial charge on any atom is -0.318 e. The molecule has 0 amide bonds. The van der Waals surface area contributed by atoms with E-state index < -0.39 is 24.4 Å². The number of nitrogens with one attached hydrogen (secondary N) is 1. The summed E-state index contributed by atoms with van der Waals surface area (Å²) in [6.07, 6.45) is -2.15. The highest BCUT2D eigenvalue weighted by molar-refractivity contribution is 14.1. The van der Waals surface area contributed by atoms with Crippen LogP contribution >= 0.6 is 22.6 Å². The van der Waals surface area contributed by atoms with Crippen LogP contribution in [-0.2, 0) is 0 Å². The van der Waals surface area contributed by atoms with E-state index in [1.54, 1.807) is 7.05 Å². The predicted octanol–water partition coefficient (Wildman–Crippen LogP) is 3.31. The van der Waals surface area contributed by atoms with E-state index in [1.807, 2.05) is 11.9 Å². The minimum absolute atomic E-state index is 0.189. The summed E-state index contributed by atoms with van der Waals surface area (Å²) in [6, 6.07) is 0.313. The average Bonchev–Trinajstić information content (AvgIpc) is 3.44. The van der Waals surface area contributed by atoms with Crippen LogP contribution in [0.2, 0.25) is 0 Å². The van der Waals surface area contributed by atoms with Crippen LogP contribution in [0.5, 0.6) is 0 Å². The molecule has 0 aliphatic heterocycles. The van der Waals surface area contributed by atoms with Gasteiger partial charge in [-0.2, -0.15) is 13.2 Å². The van der Waals surface area contributed by atoms with Gasteiger partial charge in [-0.1, -0.05) is 22.6 Å². The molecule has 0 aromatic heterocycles. The van der Waals surface area contributed by atoms with Crippen LogP contribution in [0.1, 0.15) is 38.5 Å². The van der Waals surface area contributed by atoms with Gasteiger partial charge in [-0.25, -0.2) is 4.39 Å². The molecule has 0 heterocycles. The SMILES string of the molecule is CNC(I)C(F)C(N(C)CN)N(CC1CCC(C(F)(F)F)CC1)C1CC1. The second-order valence-electron chi connectivity index (χ2n) is 7.68. The number of nitrogens with zero attached hydrogens (tertiary/aromatic N) is 2. The van der Waals surface area contributed by atoms with Crippen LogP contribution in [0.15, 0.2) is 0 Å². The first kappa shape index (κ1) is 22.6. The molecule has 0 spiro atoms. The van der Waals surface area contributed by atoms with Gasteiger partial charge >= 0.3 is 6.18 Å². The van der Waals surface area contributed by atoms with Gasteiger partial charge in [0, 0.05) is 19.3 Å². The Morgan fingerprint density at radius 1 is 1.15 bits per heavy atom. The molecule has 9 heteroatoms. The quantitative estimate of drug-likeness (QED) is 0.170. The smallest absolute Gasteiger partial charge is 0.318 e. The monoisotopic (exact) mass is 494 g/mol. The van der Waals surface area contributed by atoms with Crippen LogP contribution in [0.4, 0.5) is 17.6 Å². The summed E-state index contributed by atoms with van der Waals surface area (Å²) in [4.78, 5) is 3.98. The van der Waals surface area contributed by atoms with Gasteiger partial charge in [0.2, 0.25) is 0 Å². The van der Waals surface area contributed by atoms with E-state index >= 15 is 4.39 Å². The van der Waals surface area contributed by atoms with Gasteiger partial charge in [0.25, 0.3) is 0 Å². The Hall–Kier alpha value is 0.290. The van der Waals surface area contributed by atoms with E-state index in [2.05, 4.69) is 32.8 Å². The standard InChI is InChI=1S/C17H31F4IN4/c1-24-15(22)14(18)16(25(2)10-23)26(13-7-8-13)9-11-3-5-12(6-4-11)17(19,20)21/h11-16,24H,3-10,23H2,1-2H3. The fourth-order valence-corrected chi connectivity index (χ4v) is 4.32. The molecule has 2 fully saturated rings. The third-order valence-electron chi connectivity index (χ3n) is 5.71. The number of halogens is 5.